The molecule has 0 fully saturated rings. The second-order valence-electron chi connectivity index (χ2n) is 20.8. The molecule has 15 aromatic rings. The molecule has 15 rings (SSSR count). The molecule has 0 saturated heterocycles. The van der Waals surface area contributed by atoms with Crippen molar-refractivity contribution in [1.29, 1.82) is 0 Å². The highest BCUT2D eigenvalue weighted by molar-refractivity contribution is 6.20. The molecule has 0 saturated carbocycles. The van der Waals surface area contributed by atoms with Gasteiger partial charge in [0.1, 0.15) is 37.9 Å². The Kier molecular flexibility index (Phi) is 11.0. The third-order valence-corrected chi connectivity index (χ3v) is 15.5. The monoisotopic (exact) mass is 1040 g/mol. The molecule has 6 aromatic carbocycles. The lowest BCUT2D eigenvalue weighted by atomic mass is 9.97. The molecular formula is C70H59N6O3+3. The molecule has 384 valence electrons. The van der Waals surface area contributed by atoms with Gasteiger partial charge in [-0.05, 0) is 120 Å². The predicted octanol–water partition coefficient (Wildman–Crippen LogP) is 16.2. The van der Waals surface area contributed by atoms with Crippen LogP contribution in [0, 0.1) is 27.7 Å². The Labute approximate surface area is 462 Å². The fourth-order valence-corrected chi connectivity index (χ4v) is 11.3. The molecule has 9 aromatic heterocycles. The van der Waals surface area contributed by atoms with Gasteiger partial charge in [-0.1, -0.05) is 86.6 Å². The van der Waals surface area contributed by atoms with E-state index in [9.17, 15) is 0 Å². The van der Waals surface area contributed by atoms with Gasteiger partial charge in [0.25, 0.3) is 0 Å². The fourth-order valence-electron chi connectivity index (χ4n) is 11.3. The minimum atomic E-state index is -2.44. The van der Waals surface area contributed by atoms with Crippen LogP contribution < -0.4 is 13.7 Å². The van der Waals surface area contributed by atoms with E-state index in [0.717, 1.165) is 87.4 Å². The average molecular weight is 1040 g/mol. The number of furan rings is 3. The van der Waals surface area contributed by atoms with Crippen molar-refractivity contribution in [3.63, 3.8) is 0 Å². The zero-order chi connectivity index (χ0) is 57.6. The van der Waals surface area contributed by atoms with Crippen LogP contribution in [0.15, 0.2) is 202 Å². The van der Waals surface area contributed by atoms with Crippen LogP contribution in [0.25, 0.3) is 132 Å². The first-order valence-electron chi connectivity index (χ1n) is 28.5. The molecule has 1 unspecified atom stereocenters. The van der Waals surface area contributed by atoms with Crippen molar-refractivity contribution in [1.82, 2.24) is 15.0 Å². The van der Waals surface area contributed by atoms with Gasteiger partial charge in [-0.3, -0.25) is 0 Å². The van der Waals surface area contributed by atoms with Crippen LogP contribution in [-0.4, -0.2) is 15.0 Å². The normalized spacial score (nSPS) is 13.4. The largest absolute Gasteiger partial charge is 0.438 e. The summed E-state index contributed by atoms with van der Waals surface area (Å²) in [5.74, 6) is -1.71. The van der Waals surface area contributed by atoms with Crippen molar-refractivity contribution in [3.8, 4) is 33.8 Å². The van der Waals surface area contributed by atoms with Crippen LogP contribution in [0.3, 0.4) is 0 Å². The first-order chi connectivity index (χ1) is 39.9. The van der Waals surface area contributed by atoms with E-state index in [2.05, 4.69) is 168 Å². The minimum Gasteiger partial charge on any atom is -0.438 e. The van der Waals surface area contributed by atoms with Crippen molar-refractivity contribution in [2.75, 3.05) is 0 Å². The van der Waals surface area contributed by atoms with Gasteiger partial charge in [-0.25, -0.2) is 28.7 Å². The third kappa shape index (κ3) is 8.59. The number of pyridine rings is 6. The Balaban J connectivity index is 0.000000118. The van der Waals surface area contributed by atoms with E-state index < -0.39 is 12.7 Å². The summed E-state index contributed by atoms with van der Waals surface area (Å²) in [6.07, 6.45) is 11.6. The van der Waals surface area contributed by atoms with E-state index in [1.807, 2.05) is 79.6 Å². The fraction of sp³-hybridized carbons (Fsp3) is 0.143. The highest BCUT2D eigenvalue weighted by atomic mass is 16.3. The number of aryl methyl sites for hydroxylation is 7. The van der Waals surface area contributed by atoms with Gasteiger partial charge >= 0.3 is 0 Å². The number of nitrogens with zero attached hydrogens (tertiary/aromatic N) is 6. The van der Waals surface area contributed by atoms with Crippen LogP contribution in [0.1, 0.15) is 53.0 Å². The third-order valence-electron chi connectivity index (χ3n) is 15.5. The maximum Gasteiger partial charge on any atom is 0.227 e. The molecular weight excluding hydrogens is 973 g/mol. The second kappa shape index (κ2) is 19.4. The number of hydrogen-bond acceptors (Lipinski definition) is 6. The van der Waals surface area contributed by atoms with Crippen molar-refractivity contribution in [3.05, 3.63) is 217 Å². The molecule has 9 heteroatoms. The predicted molar refractivity (Wildman–Crippen MR) is 320 cm³/mol. The maximum atomic E-state index is 8.48. The van der Waals surface area contributed by atoms with Gasteiger partial charge in [0.05, 0.1) is 32.8 Å². The van der Waals surface area contributed by atoms with E-state index in [4.69, 9.17) is 18.7 Å². The van der Waals surface area contributed by atoms with E-state index in [-0.39, 0.29) is 0 Å². The minimum absolute atomic E-state index is 0.447. The maximum absolute atomic E-state index is 8.48. The Morgan fingerprint density at radius 3 is 1.25 bits per heavy atom. The van der Waals surface area contributed by atoms with Crippen molar-refractivity contribution in [2.45, 2.75) is 47.4 Å². The van der Waals surface area contributed by atoms with E-state index in [0.29, 0.717) is 22.7 Å². The number of aromatic nitrogens is 6. The van der Waals surface area contributed by atoms with Crippen LogP contribution >= 0.6 is 0 Å². The topological polar surface area (TPSA) is 89.7 Å². The second-order valence-corrected chi connectivity index (χ2v) is 20.8. The smallest absolute Gasteiger partial charge is 0.227 e. The van der Waals surface area contributed by atoms with Gasteiger partial charge in [0.15, 0.2) is 18.6 Å². The van der Waals surface area contributed by atoms with E-state index in [1.165, 1.54) is 56.9 Å². The van der Waals surface area contributed by atoms with Crippen LogP contribution in [0.5, 0.6) is 0 Å². The Morgan fingerprint density at radius 1 is 0.418 bits per heavy atom. The quantitative estimate of drug-likeness (QED) is 0.163. The van der Waals surface area contributed by atoms with E-state index in [1.54, 1.807) is 18.3 Å². The Morgan fingerprint density at radius 2 is 0.810 bits per heavy atom. The lowest BCUT2D eigenvalue weighted by Crippen LogP contribution is -2.30. The zero-order valence-electron chi connectivity index (χ0n) is 49.3. The summed E-state index contributed by atoms with van der Waals surface area (Å²) in [4.78, 5) is 13.6. The lowest BCUT2D eigenvalue weighted by Gasteiger charge is -2.09. The van der Waals surface area contributed by atoms with Gasteiger partial charge in [0.2, 0.25) is 34.2 Å². The summed E-state index contributed by atoms with van der Waals surface area (Å²) in [6.45, 7) is 7.46. The highest BCUT2D eigenvalue weighted by Gasteiger charge is 2.22. The molecule has 0 aliphatic heterocycles. The van der Waals surface area contributed by atoms with Gasteiger partial charge in [-0.15, -0.1) is 0 Å². The molecule has 0 amide bonds. The molecule has 0 aliphatic rings. The van der Waals surface area contributed by atoms with E-state index >= 15 is 0 Å². The van der Waals surface area contributed by atoms with Crippen molar-refractivity contribution < 1.29 is 32.4 Å². The molecule has 0 spiro atoms. The van der Waals surface area contributed by atoms with Crippen LogP contribution in [0.2, 0.25) is 0 Å². The molecule has 1 atom stereocenters. The molecule has 0 aliphatic carbocycles. The van der Waals surface area contributed by atoms with Crippen molar-refractivity contribution >= 4 is 98.5 Å². The average Bonchev–Trinajstić information content (AvgIpc) is 2.32. The summed E-state index contributed by atoms with van der Waals surface area (Å²) in [5, 5.41) is 13.2. The molecule has 0 N–H and O–H groups in total. The number of rotatable bonds is 4. The SMILES string of the molecule is Cc1cc2c(cc1-c1cccc[n+]1C)oc1ncc3ccccc3c12.Cc1cc[n+](C)c(-c2cc3oc4ncc5ccccc5c4c3cc2C)c1.[2H]C([2H])([2H])C([2H])(C)c1cc[n+](C)c(-c2cc3oc4ncc5ccccc5c4c3cc2C)c1. The standard InChI is InChI=1S/C25H23N2O.C23H19N2O.C22H17N2O/c1-15(2)17-9-10-27(4)22(12-17)20-13-23-21(11-16(20)3)24-19-8-6-5-7-18(19)14-26-25(24)28-23;1-14-8-9-25(3)20(10-14)18-12-21-19(11-15(18)2)22-17-7-5-4-6-16(17)13-24-23(22)26-21;1-14-11-18-20(12-17(14)19-9-5-6-10-24(19)2)25-22-21(18)16-8-4-3-7-15(16)13-23-22/h5-15H,1-4H3;4-13H,1-3H3;3-13H,1-2H3/q3*+1/i1D3,15D;;. The summed E-state index contributed by atoms with van der Waals surface area (Å²) >= 11 is 0. The molecule has 9 nitrogen and oxygen atoms in total. The summed E-state index contributed by atoms with van der Waals surface area (Å²) < 4.78 is 56.4. The first-order valence-corrected chi connectivity index (χ1v) is 26.5. The van der Waals surface area contributed by atoms with Gasteiger partial charge < -0.3 is 13.3 Å². The highest BCUT2D eigenvalue weighted by Crippen LogP contribution is 2.40. The molecule has 9 heterocycles. The number of fused-ring (bicyclic) bond motifs is 15. The van der Waals surface area contributed by atoms with Crippen molar-refractivity contribution in [2.24, 2.45) is 21.1 Å². The van der Waals surface area contributed by atoms with Gasteiger partial charge in [0, 0.05) is 92.8 Å². The first kappa shape index (κ1) is 44.5. The lowest BCUT2D eigenvalue weighted by molar-refractivity contribution is -0.660. The van der Waals surface area contributed by atoms with Gasteiger partial charge in [-0.2, -0.15) is 0 Å². The summed E-state index contributed by atoms with van der Waals surface area (Å²) in [5.41, 5.74) is 16.1. The Bertz CT molecular complexity index is 5120. The number of benzene rings is 6. The zero-order valence-corrected chi connectivity index (χ0v) is 45.3. The molecule has 0 radical (unpaired) electrons. The molecule has 0 bridgehead atoms. The number of hydrogen-bond donors (Lipinski definition) is 0. The summed E-state index contributed by atoms with van der Waals surface area (Å²) in [7, 11) is 6.05. The molecule has 79 heavy (non-hydrogen) atoms. The van der Waals surface area contributed by atoms with Crippen LogP contribution in [-0.2, 0) is 21.1 Å². The Hall–Kier alpha value is -9.60. The van der Waals surface area contributed by atoms with Crippen LogP contribution in [0.4, 0.5) is 0 Å². The summed E-state index contributed by atoms with van der Waals surface area (Å²) in [6, 6.07) is 51.6.